The minimum absolute atomic E-state index is 0.129. The summed E-state index contributed by atoms with van der Waals surface area (Å²) in [5, 5.41) is 17.4. The molecule has 2 nitrogen and oxygen atoms in total. The van der Waals surface area contributed by atoms with Crippen molar-refractivity contribution in [3.8, 4) is 0 Å². The lowest BCUT2D eigenvalue weighted by Crippen LogP contribution is -2.41. The highest BCUT2D eigenvalue weighted by molar-refractivity contribution is 5.18. The number of hydrogen-bond donors (Lipinski definition) is 2. The second kappa shape index (κ2) is 12.1. The smallest absolute Gasteiger partial charge is 0.0723 e. The summed E-state index contributed by atoms with van der Waals surface area (Å²) in [5.41, 5.74) is 1.63. The van der Waals surface area contributed by atoms with E-state index in [2.05, 4.69) is 6.08 Å². The first-order valence-corrected chi connectivity index (χ1v) is 11.2. The third kappa shape index (κ3) is 5.57. The topological polar surface area (TPSA) is 40.5 Å². The highest BCUT2D eigenvalue weighted by Gasteiger charge is 2.47. The fourth-order valence-electron chi connectivity index (χ4n) is 5.93. The minimum Gasteiger partial charge on any atom is -0.397 e. The molecule has 3 saturated carbocycles. The highest BCUT2D eigenvalue weighted by Crippen LogP contribution is 2.56. The first kappa shape index (κ1) is 22.7. The van der Waals surface area contributed by atoms with E-state index < -0.39 is 0 Å². The molecular formula is C23H44O2. The van der Waals surface area contributed by atoms with Gasteiger partial charge in [0, 0.05) is 6.61 Å². The molecule has 3 fully saturated rings. The summed E-state index contributed by atoms with van der Waals surface area (Å²) in [4.78, 5) is 0. The van der Waals surface area contributed by atoms with Crippen molar-refractivity contribution in [2.45, 2.75) is 98.5 Å². The van der Waals surface area contributed by atoms with Crippen molar-refractivity contribution in [3.63, 3.8) is 0 Å². The molecule has 4 rings (SSSR count). The van der Waals surface area contributed by atoms with E-state index in [-0.39, 0.29) is 12.7 Å². The van der Waals surface area contributed by atoms with Crippen LogP contribution in [0.4, 0.5) is 0 Å². The number of hydrogen-bond acceptors (Lipinski definition) is 2. The van der Waals surface area contributed by atoms with Crippen LogP contribution in [-0.4, -0.2) is 22.9 Å². The zero-order valence-corrected chi connectivity index (χ0v) is 17.5. The Balaban J connectivity index is 0.000000397. The average molecular weight is 353 g/mol. The van der Waals surface area contributed by atoms with Crippen molar-refractivity contribution in [1.82, 2.24) is 0 Å². The molecule has 0 saturated heterocycles. The van der Waals surface area contributed by atoms with Gasteiger partial charge in [0.25, 0.3) is 0 Å². The number of rotatable bonds is 0. The predicted molar refractivity (Wildman–Crippen MR) is 109 cm³/mol. The van der Waals surface area contributed by atoms with Gasteiger partial charge in [0.05, 0.1) is 6.10 Å². The van der Waals surface area contributed by atoms with Gasteiger partial charge in [-0.3, -0.25) is 0 Å². The van der Waals surface area contributed by atoms with Crippen molar-refractivity contribution < 1.29 is 10.2 Å². The Hall–Kier alpha value is -0.340. The van der Waals surface area contributed by atoms with Crippen LogP contribution in [0.15, 0.2) is 11.6 Å². The van der Waals surface area contributed by atoms with Gasteiger partial charge >= 0.3 is 0 Å². The maximum Gasteiger partial charge on any atom is 0.0723 e. The zero-order valence-electron chi connectivity index (χ0n) is 17.5. The molecule has 0 aromatic rings. The molecule has 0 heterocycles. The van der Waals surface area contributed by atoms with Gasteiger partial charge in [-0.15, -0.1) is 0 Å². The van der Waals surface area contributed by atoms with Crippen LogP contribution in [0.25, 0.3) is 0 Å². The van der Waals surface area contributed by atoms with Crippen molar-refractivity contribution in [2.75, 3.05) is 6.61 Å². The van der Waals surface area contributed by atoms with Crippen LogP contribution in [-0.2, 0) is 0 Å². The van der Waals surface area contributed by atoms with E-state index in [0.717, 1.165) is 36.0 Å². The third-order valence-electron chi connectivity index (χ3n) is 6.63. The van der Waals surface area contributed by atoms with Crippen molar-refractivity contribution in [1.29, 1.82) is 0 Å². The summed E-state index contributed by atoms with van der Waals surface area (Å²) < 4.78 is 0. The molecule has 148 valence electrons. The van der Waals surface area contributed by atoms with Crippen molar-refractivity contribution in [3.05, 3.63) is 11.6 Å². The van der Waals surface area contributed by atoms with Crippen LogP contribution in [0.3, 0.4) is 0 Å². The van der Waals surface area contributed by atoms with E-state index in [1.807, 2.05) is 27.7 Å². The molecule has 4 aliphatic rings. The van der Waals surface area contributed by atoms with E-state index in [1.165, 1.54) is 51.4 Å². The first-order valence-electron chi connectivity index (χ1n) is 11.2. The summed E-state index contributed by atoms with van der Waals surface area (Å²) in [6, 6.07) is 0. The van der Waals surface area contributed by atoms with E-state index in [4.69, 9.17) is 5.11 Å². The van der Waals surface area contributed by atoms with Crippen LogP contribution in [0.5, 0.6) is 0 Å². The quantitative estimate of drug-likeness (QED) is 0.527. The van der Waals surface area contributed by atoms with Crippen LogP contribution >= 0.6 is 0 Å². The minimum atomic E-state index is -0.129. The number of aliphatic hydroxyl groups excluding tert-OH is 2. The molecule has 0 aromatic heterocycles. The second-order valence-corrected chi connectivity index (χ2v) is 7.61. The number of aliphatic hydroxyl groups is 2. The van der Waals surface area contributed by atoms with Crippen molar-refractivity contribution in [2.24, 2.45) is 29.6 Å². The molecule has 2 N–H and O–H groups in total. The molecule has 0 aromatic carbocycles. The van der Waals surface area contributed by atoms with Crippen molar-refractivity contribution >= 4 is 0 Å². The van der Waals surface area contributed by atoms with Gasteiger partial charge in [-0.2, -0.15) is 0 Å². The van der Waals surface area contributed by atoms with Crippen LogP contribution < -0.4 is 0 Å². The lowest BCUT2D eigenvalue weighted by molar-refractivity contribution is 0.0410. The first-order chi connectivity index (χ1) is 12.2. The summed E-state index contributed by atoms with van der Waals surface area (Å²) in [5.74, 6) is 5.05. The fourth-order valence-corrected chi connectivity index (χ4v) is 5.93. The molecule has 6 unspecified atom stereocenters. The van der Waals surface area contributed by atoms with Crippen LogP contribution in [0, 0.1) is 29.6 Å². The van der Waals surface area contributed by atoms with Crippen LogP contribution in [0.2, 0.25) is 0 Å². The lowest BCUT2D eigenvalue weighted by atomic mass is 9.56. The number of allylic oxidation sites excluding steroid dienone is 1. The maximum atomic E-state index is 9.82. The molecule has 0 amide bonds. The van der Waals surface area contributed by atoms with Gasteiger partial charge in [0.1, 0.15) is 0 Å². The maximum absolute atomic E-state index is 9.82. The summed E-state index contributed by atoms with van der Waals surface area (Å²) in [6.07, 6.45) is 14.7. The van der Waals surface area contributed by atoms with Gasteiger partial charge in [-0.05, 0) is 81.5 Å². The number of fused-ring (bicyclic) bond motifs is 5. The van der Waals surface area contributed by atoms with E-state index in [1.54, 1.807) is 12.5 Å². The molecule has 2 heteroatoms. The average Bonchev–Trinajstić information content (AvgIpc) is 3.14. The molecule has 0 bridgehead atoms. The Morgan fingerprint density at radius 1 is 0.840 bits per heavy atom. The normalized spacial score (nSPS) is 38.0. The van der Waals surface area contributed by atoms with E-state index in [9.17, 15) is 5.11 Å². The highest BCUT2D eigenvalue weighted by atomic mass is 16.3. The van der Waals surface area contributed by atoms with Gasteiger partial charge in [0.2, 0.25) is 0 Å². The molecule has 0 aliphatic heterocycles. The summed E-state index contributed by atoms with van der Waals surface area (Å²) in [6.45, 7) is 9.93. The summed E-state index contributed by atoms with van der Waals surface area (Å²) in [7, 11) is 0. The molecule has 0 radical (unpaired) electrons. The standard InChI is InChI=1S/C17H26O.C2H6O.2C2H6/c18-13-6-9-15-12(10-13)5-8-16-14-3-1-2-11(14)4-7-17(15)16;1-2-3;2*1-2/h10-11,13-18H,1-9H2;3H,2H2,1H3;2*1-2H3. The SMILES string of the molecule is CC.CC.CCO.OC1C=C2CCC3C4CCCC4CCC3C2CC1. The monoisotopic (exact) mass is 352 g/mol. The molecule has 25 heavy (non-hydrogen) atoms. The Labute approximate surface area is 157 Å². The molecular weight excluding hydrogens is 308 g/mol. The van der Waals surface area contributed by atoms with Gasteiger partial charge in [0.15, 0.2) is 0 Å². The summed E-state index contributed by atoms with van der Waals surface area (Å²) >= 11 is 0. The molecule has 6 atom stereocenters. The Morgan fingerprint density at radius 3 is 2.20 bits per heavy atom. The largest absolute Gasteiger partial charge is 0.397 e. The third-order valence-corrected chi connectivity index (χ3v) is 6.63. The lowest BCUT2D eigenvalue weighted by Gasteiger charge is -2.49. The fraction of sp³-hybridized carbons (Fsp3) is 0.913. The van der Waals surface area contributed by atoms with E-state index in [0.29, 0.717) is 0 Å². The van der Waals surface area contributed by atoms with E-state index >= 15 is 0 Å². The predicted octanol–water partition coefficient (Wildman–Crippen LogP) is 5.97. The Morgan fingerprint density at radius 2 is 1.52 bits per heavy atom. The molecule has 0 spiro atoms. The van der Waals surface area contributed by atoms with Gasteiger partial charge in [-0.1, -0.05) is 52.2 Å². The second-order valence-electron chi connectivity index (χ2n) is 7.61. The van der Waals surface area contributed by atoms with Gasteiger partial charge < -0.3 is 10.2 Å². The Bertz CT molecular complexity index is 376. The zero-order chi connectivity index (χ0) is 18.8. The van der Waals surface area contributed by atoms with Gasteiger partial charge in [-0.25, -0.2) is 0 Å². The Kier molecular flexibility index (Phi) is 11.0. The molecule has 4 aliphatic carbocycles. The van der Waals surface area contributed by atoms with Crippen LogP contribution in [0.1, 0.15) is 92.4 Å².